The summed E-state index contributed by atoms with van der Waals surface area (Å²) in [6, 6.07) is 6.79. The first-order valence-electron chi connectivity index (χ1n) is 7.92. The number of aryl methyl sites for hydroxylation is 2. The molecule has 0 spiro atoms. The summed E-state index contributed by atoms with van der Waals surface area (Å²) >= 11 is 0. The van der Waals surface area contributed by atoms with E-state index in [1.54, 1.807) is 24.3 Å². The van der Waals surface area contributed by atoms with Crippen LogP contribution in [0.5, 0.6) is 11.5 Å². The van der Waals surface area contributed by atoms with Crippen molar-refractivity contribution in [3.05, 3.63) is 46.5 Å². The van der Waals surface area contributed by atoms with Crippen molar-refractivity contribution < 1.29 is 28.5 Å². The first-order chi connectivity index (χ1) is 12.4. The fraction of sp³-hybridized carbons (Fsp3) is 0.300. The first-order valence-corrected chi connectivity index (χ1v) is 7.92. The van der Waals surface area contributed by atoms with Gasteiger partial charge in [0.1, 0.15) is 11.5 Å². The molecule has 0 aromatic heterocycles. The summed E-state index contributed by atoms with van der Waals surface area (Å²) in [5, 5.41) is 0. The van der Waals surface area contributed by atoms with Crippen LogP contribution in [0.4, 0.5) is 0 Å². The third kappa shape index (κ3) is 3.49. The van der Waals surface area contributed by atoms with Crippen molar-refractivity contribution >= 4 is 11.9 Å². The van der Waals surface area contributed by atoms with Gasteiger partial charge in [-0.05, 0) is 49.2 Å². The van der Waals surface area contributed by atoms with Crippen molar-refractivity contribution in [2.45, 2.75) is 13.8 Å². The molecule has 0 N–H and O–H groups in total. The summed E-state index contributed by atoms with van der Waals surface area (Å²) in [4.78, 5) is 24.8. The summed E-state index contributed by atoms with van der Waals surface area (Å²) in [6.45, 7) is 3.68. The fourth-order valence-electron chi connectivity index (χ4n) is 2.95. The maximum atomic E-state index is 12.4. The Labute approximate surface area is 152 Å². The number of carbonyl (C=O) groups is 2. The molecular formula is C20H22O6. The molecule has 0 heterocycles. The Bertz CT molecular complexity index is 782. The maximum absolute atomic E-state index is 12.4. The lowest BCUT2D eigenvalue weighted by atomic mass is 9.88. The number of esters is 2. The van der Waals surface area contributed by atoms with Crippen molar-refractivity contribution in [3.63, 3.8) is 0 Å². The van der Waals surface area contributed by atoms with Crippen LogP contribution in [0.25, 0.3) is 11.1 Å². The van der Waals surface area contributed by atoms with E-state index in [2.05, 4.69) is 0 Å². The van der Waals surface area contributed by atoms with E-state index in [-0.39, 0.29) is 0 Å². The van der Waals surface area contributed by atoms with Crippen LogP contribution >= 0.6 is 0 Å². The zero-order chi connectivity index (χ0) is 19.4. The predicted molar refractivity (Wildman–Crippen MR) is 97.1 cm³/mol. The highest BCUT2D eigenvalue weighted by Crippen LogP contribution is 2.38. The van der Waals surface area contributed by atoms with Crippen LogP contribution in [0.3, 0.4) is 0 Å². The highest BCUT2D eigenvalue weighted by molar-refractivity contribution is 6.05. The van der Waals surface area contributed by atoms with Gasteiger partial charge in [-0.25, -0.2) is 9.59 Å². The van der Waals surface area contributed by atoms with Crippen LogP contribution in [-0.2, 0) is 9.47 Å². The van der Waals surface area contributed by atoms with E-state index in [0.717, 1.165) is 11.1 Å². The molecule has 0 saturated carbocycles. The first kappa shape index (κ1) is 19.3. The van der Waals surface area contributed by atoms with E-state index in [1.165, 1.54) is 28.4 Å². The van der Waals surface area contributed by atoms with Gasteiger partial charge in [-0.15, -0.1) is 0 Å². The van der Waals surface area contributed by atoms with Crippen molar-refractivity contribution in [3.8, 4) is 22.6 Å². The second-order valence-electron chi connectivity index (χ2n) is 5.72. The summed E-state index contributed by atoms with van der Waals surface area (Å²) in [7, 11) is 5.66. The summed E-state index contributed by atoms with van der Waals surface area (Å²) in [6.07, 6.45) is 0. The largest absolute Gasteiger partial charge is 0.497 e. The number of hydrogen-bond acceptors (Lipinski definition) is 6. The molecule has 0 amide bonds. The lowest BCUT2D eigenvalue weighted by molar-refractivity contribution is 0.0589. The Morgan fingerprint density at radius 1 is 0.654 bits per heavy atom. The molecule has 26 heavy (non-hydrogen) atoms. The van der Waals surface area contributed by atoms with Gasteiger partial charge in [0.05, 0.1) is 39.6 Å². The normalized spacial score (nSPS) is 10.2. The van der Waals surface area contributed by atoms with E-state index in [9.17, 15) is 9.59 Å². The van der Waals surface area contributed by atoms with Gasteiger partial charge in [-0.1, -0.05) is 0 Å². The number of benzene rings is 2. The minimum absolute atomic E-state index is 0.308. The molecule has 0 atom stereocenters. The topological polar surface area (TPSA) is 71.1 Å². The van der Waals surface area contributed by atoms with E-state index >= 15 is 0 Å². The average molecular weight is 358 g/mol. The van der Waals surface area contributed by atoms with Gasteiger partial charge < -0.3 is 18.9 Å². The number of ether oxygens (including phenoxy) is 4. The van der Waals surface area contributed by atoms with Crippen LogP contribution in [0.2, 0.25) is 0 Å². The molecule has 0 bridgehead atoms. The average Bonchev–Trinajstić information content (AvgIpc) is 2.65. The fourth-order valence-corrected chi connectivity index (χ4v) is 2.95. The van der Waals surface area contributed by atoms with Gasteiger partial charge in [0.2, 0.25) is 0 Å². The molecule has 0 unspecified atom stereocenters. The molecule has 0 aliphatic heterocycles. The van der Waals surface area contributed by atoms with Crippen LogP contribution in [0.1, 0.15) is 31.8 Å². The van der Waals surface area contributed by atoms with Crippen LogP contribution in [-0.4, -0.2) is 40.4 Å². The van der Waals surface area contributed by atoms with Gasteiger partial charge in [0, 0.05) is 11.1 Å². The quantitative estimate of drug-likeness (QED) is 0.761. The number of rotatable bonds is 5. The summed E-state index contributed by atoms with van der Waals surface area (Å²) < 4.78 is 20.4. The molecule has 0 saturated heterocycles. The molecule has 2 aromatic carbocycles. The molecule has 0 aliphatic rings. The predicted octanol–water partition coefficient (Wildman–Crippen LogP) is 3.56. The van der Waals surface area contributed by atoms with Crippen LogP contribution in [0, 0.1) is 13.8 Å². The van der Waals surface area contributed by atoms with E-state index in [4.69, 9.17) is 18.9 Å². The smallest absolute Gasteiger partial charge is 0.338 e. The van der Waals surface area contributed by atoms with Crippen LogP contribution < -0.4 is 9.47 Å². The van der Waals surface area contributed by atoms with Crippen molar-refractivity contribution in [2.24, 2.45) is 0 Å². The van der Waals surface area contributed by atoms with Gasteiger partial charge >= 0.3 is 11.9 Å². The molecule has 2 aromatic rings. The Hall–Kier alpha value is -3.02. The Morgan fingerprint density at radius 2 is 1.00 bits per heavy atom. The SMILES string of the molecule is COC(=O)c1cc(OC)cc(C)c1-c1c(C)cc(OC)cc1C(=O)OC. The zero-order valence-corrected chi connectivity index (χ0v) is 15.8. The Morgan fingerprint density at radius 3 is 1.27 bits per heavy atom. The summed E-state index contributed by atoms with van der Waals surface area (Å²) in [5.74, 6) is 0.0101. The molecule has 2 rings (SSSR count). The molecular weight excluding hydrogens is 336 g/mol. The van der Waals surface area contributed by atoms with Crippen molar-refractivity contribution in [1.82, 2.24) is 0 Å². The minimum atomic E-state index is -0.520. The molecule has 0 radical (unpaired) electrons. The van der Waals surface area contributed by atoms with Crippen LogP contribution in [0.15, 0.2) is 24.3 Å². The monoisotopic (exact) mass is 358 g/mol. The van der Waals surface area contributed by atoms with E-state index in [1.807, 2.05) is 13.8 Å². The number of carbonyl (C=O) groups excluding carboxylic acids is 2. The second-order valence-corrected chi connectivity index (χ2v) is 5.72. The molecule has 6 nitrogen and oxygen atoms in total. The molecule has 6 heteroatoms. The number of methoxy groups -OCH3 is 4. The van der Waals surface area contributed by atoms with Gasteiger partial charge in [-0.2, -0.15) is 0 Å². The zero-order valence-electron chi connectivity index (χ0n) is 15.8. The van der Waals surface area contributed by atoms with E-state index in [0.29, 0.717) is 33.8 Å². The van der Waals surface area contributed by atoms with E-state index < -0.39 is 11.9 Å². The Kier molecular flexibility index (Phi) is 5.87. The van der Waals surface area contributed by atoms with Gasteiger partial charge in [-0.3, -0.25) is 0 Å². The summed E-state index contributed by atoms with van der Waals surface area (Å²) in [5.41, 5.74) is 3.34. The highest BCUT2D eigenvalue weighted by Gasteiger charge is 2.25. The number of hydrogen-bond donors (Lipinski definition) is 0. The van der Waals surface area contributed by atoms with Crippen molar-refractivity contribution in [2.75, 3.05) is 28.4 Å². The second kappa shape index (κ2) is 7.91. The third-order valence-electron chi connectivity index (χ3n) is 4.15. The van der Waals surface area contributed by atoms with Gasteiger partial charge in [0.25, 0.3) is 0 Å². The minimum Gasteiger partial charge on any atom is -0.497 e. The third-order valence-corrected chi connectivity index (χ3v) is 4.15. The standard InChI is InChI=1S/C20H22O6/c1-11-7-13(23-3)9-15(19(21)25-5)17(11)18-12(2)8-14(24-4)10-16(18)20(22)26-6/h7-10H,1-6H3. The van der Waals surface area contributed by atoms with Gasteiger partial charge in [0.15, 0.2) is 0 Å². The van der Waals surface area contributed by atoms with Crippen molar-refractivity contribution in [1.29, 1.82) is 0 Å². The molecule has 138 valence electrons. The maximum Gasteiger partial charge on any atom is 0.338 e. The molecule has 0 fully saturated rings. The highest BCUT2D eigenvalue weighted by atomic mass is 16.5. The Balaban J connectivity index is 2.91. The lowest BCUT2D eigenvalue weighted by Crippen LogP contribution is -2.11. The molecule has 0 aliphatic carbocycles. The lowest BCUT2D eigenvalue weighted by Gasteiger charge is -2.19.